The van der Waals surface area contributed by atoms with Crippen molar-refractivity contribution in [1.29, 1.82) is 0 Å². The van der Waals surface area contributed by atoms with Crippen molar-refractivity contribution in [1.82, 2.24) is 0 Å². The SMILES string of the molecule is CCOC(=O)c1c(C)oc2ccc(C(C)c3ccccc3)cc12. The van der Waals surface area contributed by atoms with Crippen LogP contribution in [0.5, 0.6) is 0 Å². The Hall–Kier alpha value is -2.55. The minimum absolute atomic E-state index is 0.242. The molecule has 0 aliphatic heterocycles. The second kappa shape index (κ2) is 6.29. The maximum Gasteiger partial charge on any atom is 0.342 e. The molecule has 1 heterocycles. The first-order valence-corrected chi connectivity index (χ1v) is 7.87. The number of ether oxygens (including phenoxy) is 1. The van der Waals surface area contributed by atoms with Gasteiger partial charge in [-0.15, -0.1) is 0 Å². The predicted octanol–water partition coefficient (Wildman–Crippen LogP) is 5.07. The summed E-state index contributed by atoms with van der Waals surface area (Å²) in [5.41, 5.74) is 3.64. The summed E-state index contributed by atoms with van der Waals surface area (Å²) in [6, 6.07) is 16.3. The molecule has 0 saturated heterocycles. The molecule has 0 N–H and O–H groups in total. The monoisotopic (exact) mass is 308 g/mol. The van der Waals surface area contributed by atoms with Crippen LogP contribution in [0.15, 0.2) is 52.9 Å². The number of rotatable bonds is 4. The maximum absolute atomic E-state index is 12.2. The molecule has 0 aliphatic rings. The molecule has 0 aliphatic carbocycles. The highest BCUT2D eigenvalue weighted by Gasteiger charge is 2.20. The van der Waals surface area contributed by atoms with Crippen molar-refractivity contribution in [2.24, 2.45) is 0 Å². The van der Waals surface area contributed by atoms with Gasteiger partial charge in [-0.1, -0.05) is 43.3 Å². The quantitative estimate of drug-likeness (QED) is 0.632. The number of fused-ring (bicyclic) bond motifs is 1. The van der Waals surface area contributed by atoms with Gasteiger partial charge in [0, 0.05) is 11.3 Å². The van der Waals surface area contributed by atoms with Gasteiger partial charge >= 0.3 is 5.97 Å². The zero-order chi connectivity index (χ0) is 16.4. The van der Waals surface area contributed by atoms with E-state index in [1.807, 2.05) is 30.3 Å². The lowest BCUT2D eigenvalue weighted by Gasteiger charge is -2.12. The highest BCUT2D eigenvalue weighted by atomic mass is 16.5. The summed E-state index contributed by atoms with van der Waals surface area (Å²) in [5, 5.41) is 0.821. The smallest absolute Gasteiger partial charge is 0.342 e. The van der Waals surface area contributed by atoms with Crippen LogP contribution in [0.2, 0.25) is 0 Å². The molecule has 1 aromatic heterocycles. The second-order valence-corrected chi connectivity index (χ2v) is 5.64. The van der Waals surface area contributed by atoms with Crippen molar-refractivity contribution in [2.75, 3.05) is 6.61 Å². The number of benzene rings is 2. The molecular formula is C20H20O3. The van der Waals surface area contributed by atoms with Crippen LogP contribution in [0.3, 0.4) is 0 Å². The third-order valence-corrected chi connectivity index (χ3v) is 4.17. The van der Waals surface area contributed by atoms with Crippen molar-refractivity contribution >= 4 is 16.9 Å². The molecule has 2 aromatic carbocycles. The van der Waals surface area contributed by atoms with E-state index < -0.39 is 0 Å². The molecule has 23 heavy (non-hydrogen) atoms. The lowest BCUT2D eigenvalue weighted by Crippen LogP contribution is -2.05. The topological polar surface area (TPSA) is 39.4 Å². The van der Waals surface area contributed by atoms with Gasteiger partial charge in [-0.2, -0.15) is 0 Å². The number of hydrogen-bond donors (Lipinski definition) is 0. The first-order chi connectivity index (χ1) is 11.1. The molecule has 3 heteroatoms. The molecule has 3 nitrogen and oxygen atoms in total. The van der Waals surface area contributed by atoms with Gasteiger partial charge in [-0.3, -0.25) is 0 Å². The van der Waals surface area contributed by atoms with Crippen molar-refractivity contribution in [2.45, 2.75) is 26.7 Å². The van der Waals surface area contributed by atoms with E-state index in [0.29, 0.717) is 17.9 Å². The van der Waals surface area contributed by atoms with Crippen LogP contribution in [0.4, 0.5) is 0 Å². The first-order valence-electron chi connectivity index (χ1n) is 7.87. The maximum atomic E-state index is 12.2. The van der Waals surface area contributed by atoms with Gasteiger partial charge in [0.15, 0.2) is 0 Å². The Morgan fingerprint density at radius 3 is 2.57 bits per heavy atom. The number of carbonyl (C=O) groups excluding carboxylic acids is 1. The van der Waals surface area contributed by atoms with Crippen LogP contribution in [0, 0.1) is 6.92 Å². The van der Waals surface area contributed by atoms with Crippen molar-refractivity contribution in [3.05, 3.63) is 71.0 Å². The summed E-state index contributed by atoms with van der Waals surface area (Å²) in [7, 11) is 0. The Bertz CT molecular complexity index is 831. The Labute approximate surface area is 135 Å². The largest absolute Gasteiger partial charge is 0.462 e. The minimum atomic E-state index is -0.326. The van der Waals surface area contributed by atoms with Gasteiger partial charge in [-0.25, -0.2) is 4.79 Å². The van der Waals surface area contributed by atoms with Crippen LogP contribution in [-0.4, -0.2) is 12.6 Å². The van der Waals surface area contributed by atoms with E-state index in [9.17, 15) is 4.79 Å². The van der Waals surface area contributed by atoms with Gasteiger partial charge in [0.2, 0.25) is 0 Å². The average molecular weight is 308 g/mol. The molecule has 1 atom stereocenters. The summed E-state index contributed by atoms with van der Waals surface area (Å²) in [6.07, 6.45) is 0. The van der Waals surface area contributed by atoms with Gasteiger partial charge in [0.25, 0.3) is 0 Å². The molecule has 3 aromatic rings. The zero-order valence-corrected chi connectivity index (χ0v) is 13.6. The Morgan fingerprint density at radius 2 is 1.87 bits per heavy atom. The fraction of sp³-hybridized carbons (Fsp3) is 0.250. The van der Waals surface area contributed by atoms with E-state index in [0.717, 1.165) is 16.5 Å². The summed E-state index contributed by atoms with van der Waals surface area (Å²) in [5.74, 6) is 0.516. The average Bonchev–Trinajstić information content (AvgIpc) is 2.90. The lowest BCUT2D eigenvalue weighted by molar-refractivity contribution is 0.0526. The number of carbonyl (C=O) groups is 1. The van der Waals surface area contributed by atoms with E-state index in [-0.39, 0.29) is 11.9 Å². The standard InChI is InChI=1S/C20H20O3/c1-4-22-20(21)19-14(3)23-18-11-10-16(12-17(18)19)13(2)15-8-6-5-7-9-15/h5-13H,4H2,1-3H3. The summed E-state index contributed by atoms with van der Waals surface area (Å²) in [4.78, 5) is 12.2. The number of hydrogen-bond acceptors (Lipinski definition) is 3. The Morgan fingerprint density at radius 1 is 1.13 bits per heavy atom. The number of furan rings is 1. The van der Waals surface area contributed by atoms with E-state index in [1.165, 1.54) is 5.56 Å². The lowest BCUT2D eigenvalue weighted by atomic mass is 9.92. The number of aryl methyl sites for hydroxylation is 1. The van der Waals surface area contributed by atoms with Crippen LogP contribution in [0.1, 0.15) is 47.0 Å². The molecule has 0 spiro atoms. The van der Waals surface area contributed by atoms with Crippen molar-refractivity contribution < 1.29 is 13.9 Å². The second-order valence-electron chi connectivity index (χ2n) is 5.64. The fourth-order valence-electron chi connectivity index (χ4n) is 2.90. The van der Waals surface area contributed by atoms with Gasteiger partial charge in [0.1, 0.15) is 16.9 Å². The molecule has 0 saturated carbocycles. The number of esters is 1. The van der Waals surface area contributed by atoms with Crippen molar-refractivity contribution in [3.63, 3.8) is 0 Å². The van der Waals surface area contributed by atoms with Gasteiger partial charge in [-0.05, 0) is 37.1 Å². The third kappa shape index (κ3) is 2.87. The summed E-state index contributed by atoms with van der Waals surface area (Å²) >= 11 is 0. The minimum Gasteiger partial charge on any atom is -0.462 e. The third-order valence-electron chi connectivity index (χ3n) is 4.17. The van der Waals surface area contributed by atoms with Crippen LogP contribution in [0.25, 0.3) is 11.0 Å². The highest BCUT2D eigenvalue weighted by molar-refractivity contribution is 6.04. The molecule has 1 unspecified atom stereocenters. The molecule has 0 fully saturated rings. The van der Waals surface area contributed by atoms with Crippen LogP contribution < -0.4 is 0 Å². The first kappa shape index (κ1) is 15.3. The predicted molar refractivity (Wildman–Crippen MR) is 90.9 cm³/mol. The van der Waals surface area contributed by atoms with Gasteiger partial charge < -0.3 is 9.15 Å². The molecule has 3 rings (SSSR count). The van der Waals surface area contributed by atoms with E-state index >= 15 is 0 Å². The molecule has 0 bridgehead atoms. The van der Waals surface area contributed by atoms with Crippen molar-refractivity contribution in [3.8, 4) is 0 Å². The van der Waals surface area contributed by atoms with E-state index in [1.54, 1.807) is 13.8 Å². The van der Waals surface area contributed by atoms with E-state index in [4.69, 9.17) is 9.15 Å². The summed E-state index contributed by atoms with van der Waals surface area (Å²) < 4.78 is 10.9. The Balaban J connectivity index is 2.07. The molecular weight excluding hydrogens is 288 g/mol. The van der Waals surface area contributed by atoms with Crippen LogP contribution in [-0.2, 0) is 4.74 Å². The van der Waals surface area contributed by atoms with E-state index in [2.05, 4.69) is 25.1 Å². The molecule has 118 valence electrons. The fourth-order valence-corrected chi connectivity index (χ4v) is 2.90. The summed E-state index contributed by atoms with van der Waals surface area (Å²) in [6.45, 7) is 6.11. The van der Waals surface area contributed by atoms with Gasteiger partial charge in [0.05, 0.1) is 6.61 Å². The molecule has 0 radical (unpaired) electrons. The highest BCUT2D eigenvalue weighted by Crippen LogP contribution is 2.31. The zero-order valence-electron chi connectivity index (χ0n) is 13.6. The molecule has 0 amide bonds. The Kier molecular flexibility index (Phi) is 4.20. The van der Waals surface area contributed by atoms with Crippen LogP contribution >= 0.6 is 0 Å². The normalized spacial score (nSPS) is 12.3.